The van der Waals surface area contributed by atoms with E-state index in [1.165, 1.54) is 0 Å². The number of hydrogen-bond donors (Lipinski definition) is 1. The minimum atomic E-state index is -0.279. The van der Waals surface area contributed by atoms with E-state index in [1.54, 1.807) is 21.6 Å². The van der Waals surface area contributed by atoms with Gasteiger partial charge in [-0.3, -0.25) is 9.59 Å². The Hall–Kier alpha value is -0.480. The lowest BCUT2D eigenvalue weighted by atomic mass is 9.95. The summed E-state index contributed by atoms with van der Waals surface area (Å²) in [5.41, 5.74) is -0.279. The van der Waals surface area contributed by atoms with Crippen LogP contribution in [0.15, 0.2) is 0 Å². The number of ether oxygens (including phenoxy) is 3. The van der Waals surface area contributed by atoms with Crippen molar-refractivity contribution in [2.24, 2.45) is 5.41 Å². The van der Waals surface area contributed by atoms with E-state index in [0.29, 0.717) is 45.8 Å². The quantitative estimate of drug-likeness (QED) is 0.261. The number of aliphatic hydroxyl groups excluding tert-OH is 1. The van der Waals surface area contributed by atoms with E-state index in [4.69, 9.17) is 19.3 Å². The molecule has 9 heteroatoms. The summed E-state index contributed by atoms with van der Waals surface area (Å²) in [6.07, 6.45) is 1.50. The highest BCUT2D eigenvalue weighted by molar-refractivity contribution is 8.77. The molecule has 0 aromatic rings. The number of rotatable bonds is 14. The van der Waals surface area contributed by atoms with Gasteiger partial charge in [0.1, 0.15) is 13.2 Å². The first-order chi connectivity index (χ1) is 12.5. The summed E-state index contributed by atoms with van der Waals surface area (Å²) in [6.45, 7) is 4.68. The Morgan fingerprint density at radius 3 is 2.23 bits per heavy atom. The minimum Gasteiger partial charge on any atom is -0.465 e. The highest BCUT2D eigenvalue weighted by Gasteiger charge is 2.38. The van der Waals surface area contributed by atoms with Crippen LogP contribution < -0.4 is 0 Å². The van der Waals surface area contributed by atoms with Crippen molar-refractivity contribution in [2.75, 3.05) is 64.7 Å². The van der Waals surface area contributed by atoms with E-state index in [1.807, 2.05) is 18.9 Å². The maximum atomic E-state index is 12.0. The second-order valence-corrected chi connectivity index (χ2v) is 8.95. The summed E-state index contributed by atoms with van der Waals surface area (Å²) < 4.78 is 16.0. The summed E-state index contributed by atoms with van der Waals surface area (Å²) in [7, 11) is 5.36. The van der Waals surface area contributed by atoms with Crippen molar-refractivity contribution in [2.45, 2.75) is 26.2 Å². The number of carbonyl (C=O) groups is 2. The van der Waals surface area contributed by atoms with Gasteiger partial charge in [-0.15, -0.1) is 0 Å². The van der Waals surface area contributed by atoms with Crippen molar-refractivity contribution >= 4 is 33.5 Å². The molecule has 0 unspecified atom stereocenters. The van der Waals surface area contributed by atoms with Crippen LogP contribution in [0, 0.1) is 5.41 Å². The largest absolute Gasteiger partial charge is 0.465 e. The van der Waals surface area contributed by atoms with Gasteiger partial charge in [0, 0.05) is 31.0 Å². The number of aliphatic hydroxyl groups is 1. The molecular formula is C17H31NO6S2. The van der Waals surface area contributed by atoms with Crippen molar-refractivity contribution in [1.29, 1.82) is 0 Å². The van der Waals surface area contributed by atoms with Gasteiger partial charge in [-0.1, -0.05) is 28.5 Å². The van der Waals surface area contributed by atoms with E-state index in [-0.39, 0.29) is 30.6 Å². The summed E-state index contributed by atoms with van der Waals surface area (Å²) in [5.74, 6) is 1.19. The van der Waals surface area contributed by atoms with E-state index < -0.39 is 0 Å². The molecule has 1 aliphatic rings. The summed E-state index contributed by atoms with van der Waals surface area (Å²) in [6, 6.07) is 0. The summed E-state index contributed by atoms with van der Waals surface area (Å²) in [5, 5.41) is 8.64. The van der Waals surface area contributed by atoms with Crippen LogP contribution in [-0.2, 0) is 23.8 Å². The lowest BCUT2D eigenvalue weighted by molar-refractivity contribution is -0.152. The fourth-order valence-electron chi connectivity index (χ4n) is 2.18. The third-order valence-electron chi connectivity index (χ3n) is 3.90. The van der Waals surface area contributed by atoms with Gasteiger partial charge in [-0.05, 0) is 13.5 Å². The number of carbonyl (C=O) groups excluding carboxylic acids is 2. The average Bonchev–Trinajstić information content (AvgIpc) is 3.10. The van der Waals surface area contributed by atoms with Gasteiger partial charge in [0.25, 0.3) is 0 Å². The molecule has 0 aliphatic carbocycles. The molecule has 0 amide bonds. The van der Waals surface area contributed by atoms with Crippen molar-refractivity contribution < 1.29 is 28.9 Å². The Morgan fingerprint density at radius 2 is 1.65 bits per heavy atom. The highest BCUT2D eigenvalue weighted by atomic mass is 33.1. The Kier molecular flexibility index (Phi) is 12.4. The Morgan fingerprint density at radius 1 is 1.04 bits per heavy atom. The van der Waals surface area contributed by atoms with Crippen LogP contribution in [-0.4, -0.2) is 86.6 Å². The third kappa shape index (κ3) is 10.0. The lowest BCUT2D eigenvalue weighted by Crippen LogP contribution is -2.37. The van der Waals surface area contributed by atoms with Crippen molar-refractivity contribution in [1.82, 2.24) is 4.90 Å². The monoisotopic (exact) mass is 409 g/mol. The summed E-state index contributed by atoms with van der Waals surface area (Å²) >= 11 is 0. The van der Waals surface area contributed by atoms with Gasteiger partial charge in [-0.25, -0.2) is 0 Å². The van der Waals surface area contributed by atoms with Gasteiger partial charge in [0.2, 0.25) is 0 Å². The molecule has 0 spiro atoms. The summed E-state index contributed by atoms with van der Waals surface area (Å²) in [4.78, 5) is 25.6. The van der Waals surface area contributed by atoms with Gasteiger partial charge in [0.05, 0.1) is 31.7 Å². The van der Waals surface area contributed by atoms with Gasteiger partial charge in [0.15, 0.2) is 0 Å². The highest BCUT2D eigenvalue weighted by Crippen LogP contribution is 2.43. The average molecular weight is 410 g/mol. The molecule has 152 valence electrons. The standard InChI is InChI=1S/C17H31NO6S2/c1-3-4-15(20)23-11-17(13-25-26-14-17)12-24-16(21)5-6-18(2)7-9-22-10-8-19/h19H,3-14H2,1-2H3. The number of esters is 2. The zero-order valence-corrected chi connectivity index (χ0v) is 17.4. The lowest BCUT2D eigenvalue weighted by Gasteiger charge is -2.26. The van der Waals surface area contributed by atoms with Gasteiger partial charge >= 0.3 is 11.9 Å². The Bertz CT molecular complexity index is 418. The first-order valence-corrected chi connectivity index (χ1v) is 11.4. The maximum absolute atomic E-state index is 12.0. The molecule has 7 nitrogen and oxygen atoms in total. The molecule has 0 saturated carbocycles. The smallest absolute Gasteiger partial charge is 0.307 e. The topological polar surface area (TPSA) is 85.3 Å². The predicted octanol–water partition coefficient (Wildman–Crippen LogP) is 1.59. The molecule has 1 N–H and O–H groups in total. The van der Waals surface area contributed by atoms with E-state index in [2.05, 4.69) is 0 Å². The molecule has 26 heavy (non-hydrogen) atoms. The van der Waals surface area contributed by atoms with Gasteiger partial charge in [-0.2, -0.15) is 0 Å². The first-order valence-electron chi connectivity index (χ1n) is 8.94. The zero-order chi connectivity index (χ0) is 19.3. The second-order valence-electron chi connectivity index (χ2n) is 6.48. The molecule has 1 heterocycles. The Labute approximate surface area is 163 Å². The predicted molar refractivity (Wildman–Crippen MR) is 104 cm³/mol. The fourth-order valence-corrected chi connectivity index (χ4v) is 5.51. The minimum absolute atomic E-state index is 0.0160. The molecule has 0 bridgehead atoms. The van der Waals surface area contributed by atoms with Crippen LogP contribution in [0.5, 0.6) is 0 Å². The van der Waals surface area contributed by atoms with Crippen LogP contribution in [0.3, 0.4) is 0 Å². The van der Waals surface area contributed by atoms with E-state index in [9.17, 15) is 9.59 Å². The molecule has 1 fully saturated rings. The van der Waals surface area contributed by atoms with E-state index in [0.717, 1.165) is 17.9 Å². The van der Waals surface area contributed by atoms with Crippen LogP contribution in [0.2, 0.25) is 0 Å². The van der Waals surface area contributed by atoms with Crippen LogP contribution in [0.1, 0.15) is 26.2 Å². The van der Waals surface area contributed by atoms with Crippen LogP contribution in [0.25, 0.3) is 0 Å². The van der Waals surface area contributed by atoms with Gasteiger partial charge < -0.3 is 24.2 Å². The molecule has 0 aromatic heterocycles. The Balaban J connectivity index is 2.26. The molecule has 1 saturated heterocycles. The first kappa shape index (κ1) is 23.6. The SMILES string of the molecule is CCCC(=O)OCC1(COC(=O)CCN(C)CCOCCO)CSSC1. The number of hydrogen-bond acceptors (Lipinski definition) is 9. The van der Waals surface area contributed by atoms with Crippen molar-refractivity contribution in [3.05, 3.63) is 0 Å². The molecule has 0 radical (unpaired) electrons. The molecule has 1 aliphatic heterocycles. The fraction of sp³-hybridized carbons (Fsp3) is 0.882. The normalized spacial score (nSPS) is 16.0. The maximum Gasteiger partial charge on any atom is 0.307 e. The molecular weight excluding hydrogens is 378 g/mol. The second kappa shape index (κ2) is 13.7. The van der Waals surface area contributed by atoms with Crippen molar-refractivity contribution in [3.8, 4) is 0 Å². The number of nitrogens with zero attached hydrogens (tertiary/aromatic N) is 1. The van der Waals surface area contributed by atoms with Crippen molar-refractivity contribution in [3.63, 3.8) is 0 Å². The molecule has 1 rings (SSSR count). The molecule has 0 atom stereocenters. The zero-order valence-electron chi connectivity index (χ0n) is 15.7. The molecule has 0 aromatic carbocycles. The number of likely N-dealkylation sites (N-methyl/N-ethyl adjacent to an activating group) is 1. The van der Waals surface area contributed by atoms with Crippen LogP contribution >= 0.6 is 21.6 Å². The third-order valence-corrected chi connectivity index (χ3v) is 6.73. The van der Waals surface area contributed by atoms with E-state index >= 15 is 0 Å². The van der Waals surface area contributed by atoms with Crippen LogP contribution in [0.4, 0.5) is 0 Å².